The van der Waals surface area contributed by atoms with Gasteiger partial charge in [0.2, 0.25) is 0 Å². The Bertz CT molecular complexity index is 545. The third-order valence-electron chi connectivity index (χ3n) is 3.52. The highest BCUT2D eigenvalue weighted by Gasteiger charge is 2.26. The lowest BCUT2D eigenvalue weighted by Gasteiger charge is -2.33. The van der Waals surface area contributed by atoms with Gasteiger partial charge in [-0.1, -0.05) is 6.07 Å². The molecular formula is C14H19N3O4. The maximum atomic E-state index is 12.6. The van der Waals surface area contributed by atoms with E-state index in [-0.39, 0.29) is 17.7 Å². The summed E-state index contributed by atoms with van der Waals surface area (Å²) < 4.78 is 5.56. The van der Waals surface area contributed by atoms with Crippen LogP contribution in [-0.2, 0) is 4.74 Å². The lowest BCUT2D eigenvalue weighted by molar-refractivity contribution is -0.384. The number of carbonyl (C=O) groups excluding carboxylic acids is 1. The molecule has 1 atom stereocenters. The lowest BCUT2D eigenvalue weighted by Crippen LogP contribution is -2.48. The summed E-state index contributed by atoms with van der Waals surface area (Å²) >= 11 is 0. The van der Waals surface area contributed by atoms with Gasteiger partial charge in [-0.2, -0.15) is 0 Å². The number of hydrogen-bond acceptors (Lipinski definition) is 5. The Morgan fingerprint density at radius 3 is 3.00 bits per heavy atom. The van der Waals surface area contributed by atoms with Crippen LogP contribution in [0.15, 0.2) is 18.2 Å². The topological polar surface area (TPSA) is 84.7 Å². The highest BCUT2D eigenvalue weighted by atomic mass is 16.6. The fraction of sp³-hybridized carbons (Fsp3) is 0.500. The van der Waals surface area contributed by atoms with Crippen LogP contribution in [0.2, 0.25) is 0 Å². The number of hydrogen-bond donors (Lipinski definition) is 1. The number of non-ortho nitro benzene ring substituents is 1. The normalized spacial score (nSPS) is 18.6. The summed E-state index contributed by atoms with van der Waals surface area (Å²) in [6.45, 7) is 3.91. The number of benzene rings is 1. The van der Waals surface area contributed by atoms with Gasteiger partial charge in [-0.3, -0.25) is 14.9 Å². The first-order valence-corrected chi connectivity index (χ1v) is 6.83. The molecule has 0 bridgehead atoms. The molecule has 1 aromatic rings. The van der Waals surface area contributed by atoms with Crippen LogP contribution in [0.25, 0.3) is 0 Å². The van der Waals surface area contributed by atoms with E-state index in [0.717, 1.165) is 5.56 Å². The van der Waals surface area contributed by atoms with Gasteiger partial charge in [0.05, 0.1) is 17.6 Å². The van der Waals surface area contributed by atoms with Gasteiger partial charge in [-0.05, 0) is 19.5 Å². The zero-order valence-corrected chi connectivity index (χ0v) is 12.2. The van der Waals surface area contributed by atoms with Gasteiger partial charge >= 0.3 is 0 Å². The van der Waals surface area contributed by atoms with Crippen molar-refractivity contribution in [2.24, 2.45) is 0 Å². The van der Waals surface area contributed by atoms with Crippen molar-refractivity contribution in [2.45, 2.75) is 13.0 Å². The van der Waals surface area contributed by atoms with Crippen molar-refractivity contribution >= 4 is 11.6 Å². The van der Waals surface area contributed by atoms with Crippen LogP contribution in [0.3, 0.4) is 0 Å². The van der Waals surface area contributed by atoms with Gasteiger partial charge in [0.1, 0.15) is 0 Å². The molecule has 1 aliphatic heterocycles. The Balaban J connectivity index is 2.19. The molecule has 1 unspecified atom stereocenters. The minimum Gasteiger partial charge on any atom is -0.373 e. The van der Waals surface area contributed by atoms with Crippen molar-refractivity contribution in [2.75, 3.05) is 33.3 Å². The average molecular weight is 293 g/mol. The smallest absolute Gasteiger partial charge is 0.270 e. The third-order valence-corrected chi connectivity index (χ3v) is 3.52. The van der Waals surface area contributed by atoms with E-state index in [4.69, 9.17) is 4.74 Å². The van der Waals surface area contributed by atoms with E-state index in [9.17, 15) is 14.9 Å². The van der Waals surface area contributed by atoms with Crippen LogP contribution in [-0.4, -0.2) is 55.1 Å². The lowest BCUT2D eigenvalue weighted by atomic mass is 10.1. The molecule has 7 heteroatoms. The van der Waals surface area contributed by atoms with Crippen molar-refractivity contribution < 1.29 is 14.5 Å². The van der Waals surface area contributed by atoms with E-state index >= 15 is 0 Å². The van der Waals surface area contributed by atoms with Gasteiger partial charge in [-0.15, -0.1) is 0 Å². The number of nitro groups is 1. The molecule has 0 spiro atoms. The van der Waals surface area contributed by atoms with E-state index in [1.165, 1.54) is 12.1 Å². The van der Waals surface area contributed by atoms with Crippen LogP contribution in [0, 0.1) is 17.0 Å². The first kappa shape index (κ1) is 15.4. The van der Waals surface area contributed by atoms with Crippen molar-refractivity contribution in [3.8, 4) is 0 Å². The Hall–Kier alpha value is -1.99. The summed E-state index contributed by atoms with van der Waals surface area (Å²) in [5.74, 6) is -0.180. The molecule has 2 rings (SSSR count). The van der Waals surface area contributed by atoms with Crippen LogP contribution in [0.1, 0.15) is 15.9 Å². The molecule has 0 radical (unpaired) electrons. The quantitative estimate of drug-likeness (QED) is 0.660. The van der Waals surface area contributed by atoms with Crippen molar-refractivity contribution in [1.82, 2.24) is 10.2 Å². The van der Waals surface area contributed by atoms with Crippen molar-refractivity contribution in [3.05, 3.63) is 39.4 Å². The van der Waals surface area contributed by atoms with E-state index in [1.807, 2.05) is 7.05 Å². The maximum absolute atomic E-state index is 12.6. The third kappa shape index (κ3) is 3.56. The van der Waals surface area contributed by atoms with Crippen LogP contribution in [0.4, 0.5) is 5.69 Å². The van der Waals surface area contributed by atoms with Crippen LogP contribution in [0.5, 0.6) is 0 Å². The van der Waals surface area contributed by atoms with E-state index in [0.29, 0.717) is 31.8 Å². The minimum atomic E-state index is -0.487. The SMILES string of the molecule is CNCC1CN(C(=O)c2cc([N+](=O)[O-])ccc2C)CCO1. The monoisotopic (exact) mass is 293 g/mol. The number of amides is 1. The van der Waals surface area contributed by atoms with Crippen LogP contribution < -0.4 is 5.32 Å². The van der Waals surface area contributed by atoms with Crippen molar-refractivity contribution in [1.29, 1.82) is 0 Å². The predicted molar refractivity (Wildman–Crippen MR) is 77.4 cm³/mol. The number of nitro benzene ring substituents is 1. The molecule has 1 amide bonds. The molecule has 114 valence electrons. The summed E-state index contributed by atoms with van der Waals surface area (Å²) in [6, 6.07) is 4.37. The molecular weight excluding hydrogens is 274 g/mol. The highest BCUT2D eigenvalue weighted by Crippen LogP contribution is 2.20. The Morgan fingerprint density at radius 1 is 1.57 bits per heavy atom. The highest BCUT2D eigenvalue weighted by molar-refractivity contribution is 5.96. The Morgan fingerprint density at radius 2 is 2.33 bits per heavy atom. The van der Waals surface area contributed by atoms with Gasteiger partial charge < -0.3 is 15.0 Å². The standard InChI is InChI=1S/C14H19N3O4/c1-10-3-4-11(17(19)20)7-13(10)14(18)16-5-6-21-12(9-16)8-15-2/h3-4,7,12,15H,5-6,8-9H2,1-2H3. The zero-order valence-electron chi connectivity index (χ0n) is 12.2. The number of rotatable bonds is 4. The van der Waals surface area contributed by atoms with Gasteiger partial charge in [0.25, 0.3) is 11.6 Å². The summed E-state index contributed by atoms with van der Waals surface area (Å²) in [4.78, 5) is 24.6. The number of nitrogens with zero attached hydrogens (tertiary/aromatic N) is 2. The molecule has 1 saturated heterocycles. The molecule has 7 nitrogen and oxygen atoms in total. The second kappa shape index (κ2) is 6.64. The molecule has 0 aromatic heterocycles. The van der Waals surface area contributed by atoms with E-state index in [1.54, 1.807) is 17.9 Å². The molecule has 1 heterocycles. The molecule has 1 N–H and O–H groups in total. The summed E-state index contributed by atoms with van der Waals surface area (Å²) in [5.41, 5.74) is 1.06. The molecule has 21 heavy (non-hydrogen) atoms. The summed E-state index contributed by atoms with van der Waals surface area (Å²) in [7, 11) is 1.83. The minimum absolute atomic E-state index is 0.0493. The molecule has 0 aliphatic carbocycles. The largest absolute Gasteiger partial charge is 0.373 e. The second-order valence-corrected chi connectivity index (χ2v) is 5.06. The average Bonchev–Trinajstić information content (AvgIpc) is 2.47. The predicted octanol–water partition coefficient (Wildman–Crippen LogP) is 0.964. The van der Waals surface area contributed by atoms with Crippen molar-refractivity contribution in [3.63, 3.8) is 0 Å². The summed E-state index contributed by atoms with van der Waals surface area (Å²) in [5, 5.41) is 13.9. The molecule has 1 aromatic carbocycles. The maximum Gasteiger partial charge on any atom is 0.270 e. The second-order valence-electron chi connectivity index (χ2n) is 5.06. The van der Waals surface area contributed by atoms with Gasteiger partial charge in [0, 0.05) is 37.3 Å². The Kier molecular flexibility index (Phi) is 4.87. The zero-order chi connectivity index (χ0) is 15.4. The number of carbonyl (C=O) groups is 1. The fourth-order valence-electron chi connectivity index (χ4n) is 2.38. The molecule has 1 aliphatic rings. The fourth-order valence-corrected chi connectivity index (χ4v) is 2.38. The first-order valence-electron chi connectivity index (χ1n) is 6.83. The summed E-state index contributed by atoms with van der Waals surface area (Å²) in [6.07, 6.45) is -0.0493. The first-order chi connectivity index (χ1) is 10.0. The number of aryl methyl sites for hydroxylation is 1. The number of ether oxygens (including phenoxy) is 1. The number of morpholine rings is 1. The van der Waals surface area contributed by atoms with E-state index < -0.39 is 4.92 Å². The number of nitrogens with one attached hydrogen (secondary N) is 1. The number of likely N-dealkylation sites (N-methyl/N-ethyl adjacent to an activating group) is 1. The molecule has 0 saturated carbocycles. The van der Waals surface area contributed by atoms with E-state index in [2.05, 4.69) is 5.32 Å². The van der Waals surface area contributed by atoms with Gasteiger partial charge in [-0.25, -0.2) is 0 Å². The Labute approximate surface area is 123 Å². The van der Waals surface area contributed by atoms with Gasteiger partial charge in [0.15, 0.2) is 0 Å². The molecule has 1 fully saturated rings. The van der Waals surface area contributed by atoms with Crippen LogP contribution >= 0.6 is 0 Å².